The Morgan fingerprint density at radius 1 is 0.950 bits per heavy atom. The quantitative estimate of drug-likeness (QED) is 0.922. The summed E-state index contributed by atoms with van der Waals surface area (Å²) < 4.78 is 10.4. The molecule has 0 saturated heterocycles. The van der Waals surface area contributed by atoms with E-state index in [2.05, 4.69) is 20.3 Å². The largest absolute Gasteiger partial charge is 0.496 e. The molecule has 2 aromatic rings. The van der Waals surface area contributed by atoms with Crippen LogP contribution in [0.15, 0.2) is 12.1 Å². The molecule has 1 aromatic carbocycles. The van der Waals surface area contributed by atoms with E-state index in [9.17, 15) is 0 Å². The molecule has 0 aliphatic rings. The van der Waals surface area contributed by atoms with Gasteiger partial charge in [0.05, 0.1) is 14.2 Å². The number of nitrogens with zero attached hydrogens (tertiary/aromatic N) is 3. The summed E-state index contributed by atoms with van der Waals surface area (Å²) in [5.74, 6) is 1.89. The van der Waals surface area contributed by atoms with Crippen LogP contribution in [0.3, 0.4) is 0 Å². The molecule has 0 unspecified atom stereocenters. The van der Waals surface area contributed by atoms with Gasteiger partial charge in [-0.05, 0) is 37.1 Å². The number of benzene rings is 1. The van der Waals surface area contributed by atoms with Gasteiger partial charge in [-0.3, -0.25) is 0 Å². The van der Waals surface area contributed by atoms with Crippen LogP contribution in [0, 0.1) is 13.8 Å². The Hall–Kier alpha value is -2.37. The number of nitrogens with one attached hydrogen (secondary N) is 1. The lowest BCUT2D eigenvalue weighted by Crippen LogP contribution is -2.04. The van der Waals surface area contributed by atoms with Crippen LogP contribution in [0.25, 0.3) is 11.4 Å². The van der Waals surface area contributed by atoms with Crippen LogP contribution in [0.4, 0.5) is 5.95 Å². The van der Waals surface area contributed by atoms with Crippen molar-refractivity contribution in [1.82, 2.24) is 15.0 Å². The first-order valence-electron chi connectivity index (χ1n) is 6.22. The number of ether oxygens (including phenoxy) is 2. The fraction of sp³-hybridized carbons (Fsp3) is 0.357. The summed E-state index contributed by atoms with van der Waals surface area (Å²) in [5.41, 5.74) is 2.99. The molecule has 0 saturated carbocycles. The van der Waals surface area contributed by atoms with Crippen molar-refractivity contribution in [3.63, 3.8) is 0 Å². The van der Waals surface area contributed by atoms with Crippen LogP contribution in [-0.2, 0) is 0 Å². The number of rotatable bonds is 4. The Labute approximate surface area is 118 Å². The monoisotopic (exact) mass is 274 g/mol. The van der Waals surface area contributed by atoms with E-state index in [1.165, 1.54) is 7.11 Å². The molecule has 0 aliphatic heterocycles. The number of anilines is 1. The predicted molar refractivity (Wildman–Crippen MR) is 77.4 cm³/mol. The lowest BCUT2D eigenvalue weighted by Gasteiger charge is -2.11. The zero-order valence-corrected chi connectivity index (χ0v) is 12.3. The first-order chi connectivity index (χ1) is 9.58. The summed E-state index contributed by atoms with van der Waals surface area (Å²) in [6.07, 6.45) is 0. The van der Waals surface area contributed by atoms with E-state index < -0.39 is 0 Å². The lowest BCUT2D eigenvalue weighted by molar-refractivity contribution is 0.379. The minimum absolute atomic E-state index is 0.284. The van der Waals surface area contributed by atoms with Gasteiger partial charge >= 0.3 is 6.01 Å². The smallest absolute Gasteiger partial charge is 0.321 e. The van der Waals surface area contributed by atoms with Crippen molar-refractivity contribution in [3.8, 4) is 23.1 Å². The van der Waals surface area contributed by atoms with Gasteiger partial charge in [0, 0.05) is 12.6 Å². The predicted octanol–water partition coefficient (Wildman–Crippen LogP) is 2.21. The summed E-state index contributed by atoms with van der Waals surface area (Å²) in [6, 6.07) is 4.26. The average molecular weight is 274 g/mol. The maximum absolute atomic E-state index is 5.32. The van der Waals surface area contributed by atoms with Gasteiger partial charge in [0.2, 0.25) is 5.95 Å². The van der Waals surface area contributed by atoms with E-state index in [1.807, 2.05) is 26.0 Å². The van der Waals surface area contributed by atoms with Gasteiger partial charge in [-0.25, -0.2) is 0 Å². The van der Waals surface area contributed by atoms with Crippen LogP contribution in [0.1, 0.15) is 11.1 Å². The van der Waals surface area contributed by atoms with Gasteiger partial charge in [-0.2, -0.15) is 15.0 Å². The highest BCUT2D eigenvalue weighted by Crippen LogP contribution is 2.29. The Morgan fingerprint density at radius 3 is 2.30 bits per heavy atom. The minimum atomic E-state index is 0.284. The van der Waals surface area contributed by atoms with Crippen molar-refractivity contribution >= 4 is 5.95 Å². The summed E-state index contributed by atoms with van der Waals surface area (Å²) in [6.45, 7) is 3.98. The molecule has 106 valence electrons. The first kappa shape index (κ1) is 14.0. The van der Waals surface area contributed by atoms with E-state index in [4.69, 9.17) is 9.47 Å². The van der Waals surface area contributed by atoms with Gasteiger partial charge in [0.25, 0.3) is 0 Å². The fourth-order valence-corrected chi connectivity index (χ4v) is 1.93. The number of methoxy groups -OCH3 is 2. The molecular formula is C14H18N4O2. The second-order valence-electron chi connectivity index (χ2n) is 4.36. The molecule has 0 spiro atoms. The Bertz CT molecular complexity index is 607. The number of hydrogen-bond acceptors (Lipinski definition) is 6. The molecular weight excluding hydrogens is 256 g/mol. The zero-order chi connectivity index (χ0) is 14.7. The molecule has 0 aliphatic carbocycles. The molecule has 0 fully saturated rings. The third-order valence-electron chi connectivity index (χ3n) is 3.00. The highest BCUT2D eigenvalue weighted by Gasteiger charge is 2.12. The van der Waals surface area contributed by atoms with E-state index in [0.717, 1.165) is 22.4 Å². The number of aromatic nitrogens is 3. The summed E-state index contributed by atoms with van der Waals surface area (Å²) in [4.78, 5) is 12.8. The van der Waals surface area contributed by atoms with E-state index >= 15 is 0 Å². The molecule has 1 aromatic heterocycles. The second-order valence-corrected chi connectivity index (χ2v) is 4.36. The molecule has 1 N–H and O–H groups in total. The third kappa shape index (κ3) is 2.64. The van der Waals surface area contributed by atoms with E-state index in [0.29, 0.717) is 11.8 Å². The Morgan fingerprint density at radius 2 is 1.70 bits per heavy atom. The van der Waals surface area contributed by atoms with E-state index in [1.54, 1.807) is 14.2 Å². The topological polar surface area (TPSA) is 69.2 Å². The van der Waals surface area contributed by atoms with Gasteiger partial charge in [0.15, 0.2) is 5.82 Å². The van der Waals surface area contributed by atoms with Crippen molar-refractivity contribution in [3.05, 3.63) is 23.3 Å². The zero-order valence-electron chi connectivity index (χ0n) is 12.3. The fourth-order valence-electron chi connectivity index (χ4n) is 1.93. The Kier molecular flexibility index (Phi) is 4.02. The maximum Gasteiger partial charge on any atom is 0.321 e. The lowest BCUT2D eigenvalue weighted by atomic mass is 10.0. The summed E-state index contributed by atoms with van der Waals surface area (Å²) in [5, 5.41) is 2.90. The molecule has 2 rings (SSSR count). The molecule has 0 radical (unpaired) electrons. The van der Waals surface area contributed by atoms with Crippen molar-refractivity contribution in [2.24, 2.45) is 0 Å². The van der Waals surface area contributed by atoms with Gasteiger partial charge < -0.3 is 14.8 Å². The van der Waals surface area contributed by atoms with Gasteiger partial charge in [-0.15, -0.1) is 0 Å². The average Bonchev–Trinajstić information content (AvgIpc) is 2.48. The van der Waals surface area contributed by atoms with Crippen LogP contribution >= 0.6 is 0 Å². The second kappa shape index (κ2) is 5.73. The molecule has 1 heterocycles. The van der Waals surface area contributed by atoms with Crippen molar-refractivity contribution < 1.29 is 9.47 Å². The van der Waals surface area contributed by atoms with E-state index in [-0.39, 0.29) is 6.01 Å². The van der Waals surface area contributed by atoms with Crippen molar-refractivity contribution in [1.29, 1.82) is 0 Å². The highest BCUT2D eigenvalue weighted by atomic mass is 16.5. The van der Waals surface area contributed by atoms with Crippen LogP contribution in [-0.4, -0.2) is 36.2 Å². The molecule has 20 heavy (non-hydrogen) atoms. The van der Waals surface area contributed by atoms with Gasteiger partial charge in [0.1, 0.15) is 5.75 Å². The number of hydrogen-bond donors (Lipinski definition) is 1. The molecule has 6 heteroatoms. The summed E-state index contributed by atoms with van der Waals surface area (Å²) in [7, 11) is 4.95. The molecule has 6 nitrogen and oxygen atoms in total. The minimum Gasteiger partial charge on any atom is -0.496 e. The highest BCUT2D eigenvalue weighted by molar-refractivity contribution is 5.64. The standard InChI is InChI=1S/C14H18N4O2/c1-8-7-11(19-4)9(2)6-10(8)12-16-13(15-3)18-14(17-12)20-5/h6-7H,1-5H3,(H,15,16,17,18). The molecule has 0 atom stereocenters. The Balaban J connectivity index is 2.58. The number of aryl methyl sites for hydroxylation is 2. The van der Waals surface area contributed by atoms with Crippen LogP contribution in [0.2, 0.25) is 0 Å². The third-order valence-corrected chi connectivity index (χ3v) is 3.00. The maximum atomic E-state index is 5.32. The summed E-state index contributed by atoms with van der Waals surface area (Å²) >= 11 is 0. The molecule has 0 amide bonds. The SMILES string of the molecule is CNc1nc(OC)nc(-c2cc(C)c(OC)cc2C)n1. The van der Waals surface area contributed by atoms with Crippen molar-refractivity contribution in [2.45, 2.75) is 13.8 Å². The van der Waals surface area contributed by atoms with Crippen molar-refractivity contribution in [2.75, 3.05) is 26.6 Å². The van der Waals surface area contributed by atoms with Crippen LogP contribution < -0.4 is 14.8 Å². The normalized spacial score (nSPS) is 10.2. The van der Waals surface area contributed by atoms with Gasteiger partial charge in [-0.1, -0.05) is 0 Å². The van der Waals surface area contributed by atoms with Crippen LogP contribution in [0.5, 0.6) is 11.8 Å². The first-order valence-corrected chi connectivity index (χ1v) is 6.22. The molecule has 0 bridgehead atoms.